The molecule has 0 radical (unpaired) electrons. The predicted molar refractivity (Wildman–Crippen MR) is 146 cm³/mol. The van der Waals surface area contributed by atoms with Crippen molar-refractivity contribution < 1.29 is 4.79 Å². The Kier molecular flexibility index (Phi) is 6.33. The molecule has 6 N–H and O–H groups in total. The van der Waals surface area contributed by atoms with E-state index in [0.717, 1.165) is 37.9 Å². The molecule has 2 aromatic carbocycles. The van der Waals surface area contributed by atoms with Gasteiger partial charge in [-0.25, -0.2) is 9.78 Å². The van der Waals surface area contributed by atoms with Gasteiger partial charge in [0, 0.05) is 41.6 Å². The van der Waals surface area contributed by atoms with Crippen LogP contribution in [0.1, 0.15) is 16.7 Å². The van der Waals surface area contributed by atoms with Gasteiger partial charge in [-0.2, -0.15) is 0 Å². The largest absolute Gasteiger partial charge is 0.383 e. The minimum Gasteiger partial charge on any atom is -0.383 e. The normalized spacial score (nSPS) is 10.6. The number of nitrogens with two attached hydrogens (primary N) is 3. The standard InChI is InChI=1S/C28H22N6OS/c29-14-19-3-1-5-23(13-19)34(28(31)35)22-10-8-20(9-11-22)24-17-36-26-21(16-33-27(30)25(24)26)7-6-18-4-2-12-32-15-18/h1-5,8-13,15-17H,14,29H2,(H2,30,33)(H2,31,35). The van der Waals surface area contributed by atoms with Crippen molar-refractivity contribution in [2.45, 2.75) is 6.54 Å². The highest BCUT2D eigenvalue weighted by atomic mass is 32.1. The summed E-state index contributed by atoms with van der Waals surface area (Å²) in [5.41, 5.74) is 23.5. The summed E-state index contributed by atoms with van der Waals surface area (Å²) in [4.78, 5) is 22.3. The number of carbonyl (C=O) groups is 1. The van der Waals surface area contributed by atoms with Crippen molar-refractivity contribution in [2.24, 2.45) is 11.5 Å². The second-order valence-electron chi connectivity index (χ2n) is 8.00. The van der Waals surface area contributed by atoms with E-state index in [9.17, 15) is 4.79 Å². The topological polar surface area (TPSA) is 124 Å². The predicted octanol–water partition coefficient (Wildman–Crippen LogP) is 5.02. The molecule has 0 aliphatic heterocycles. The van der Waals surface area contributed by atoms with Gasteiger partial charge < -0.3 is 17.2 Å². The van der Waals surface area contributed by atoms with Gasteiger partial charge in [0.05, 0.1) is 21.6 Å². The number of thiophene rings is 1. The van der Waals surface area contributed by atoms with Gasteiger partial charge in [0.25, 0.3) is 0 Å². The number of benzene rings is 2. The van der Waals surface area contributed by atoms with Crippen LogP contribution in [0.5, 0.6) is 0 Å². The number of fused-ring (bicyclic) bond motifs is 1. The van der Waals surface area contributed by atoms with Crippen molar-refractivity contribution >= 4 is 44.6 Å². The van der Waals surface area contributed by atoms with E-state index in [1.54, 1.807) is 29.9 Å². The van der Waals surface area contributed by atoms with Crippen molar-refractivity contribution in [3.8, 4) is 23.0 Å². The number of hydrogen-bond acceptors (Lipinski definition) is 6. The number of rotatable bonds is 4. The zero-order valence-electron chi connectivity index (χ0n) is 19.2. The molecule has 3 aromatic heterocycles. The summed E-state index contributed by atoms with van der Waals surface area (Å²) in [6.07, 6.45) is 5.13. The van der Waals surface area contributed by atoms with Crippen molar-refractivity contribution in [2.75, 3.05) is 10.6 Å². The van der Waals surface area contributed by atoms with Gasteiger partial charge in [0.1, 0.15) is 5.82 Å². The molecule has 36 heavy (non-hydrogen) atoms. The first-order chi connectivity index (χ1) is 17.5. The summed E-state index contributed by atoms with van der Waals surface area (Å²) in [6.45, 7) is 0.370. The Balaban J connectivity index is 1.52. The van der Waals surface area contributed by atoms with Crippen molar-refractivity contribution in [3.63, 3.8) is 0 Å². The van der Waals surface area contributed by atoms with Gasteiger partial charge in [0.2, 0.25) is 0 Å². The number of pyridine rings is 2. The van der Waals surface area contributed by atoms with Crippen LogP contribution in [-0.2, 0) is 6.54 Å². The van der Waals surface area contributed by atoms with Gasteiger partial charge in [-0.1, -0.05) is 36.1 Å². The molecule has 0 spiro atoms. The van der Waals surface area contributed by atoms with E-state index >= 15 is 0 Å². The van der Waals surface area contributed by atoms with Gasteiger partial charge in [0.15, 0.2) is 0 Å². The highest BCUT2D eigenvalue weighted by Crippen LogP contribution is 2.39. The maximum atomic E-state index is 12.3. The number of anilines is 3. The summed E-state index contributed by atoms with van der Waals surface area (Å²) in [6, 6.07) is 18.2. The maximum Gasteiger partial charge on any atom is 0.323 e. The first kappa shape index (κ1) is 23.1. The monoisotopic (exact) mass is 490 g/mol. The zero-order valence-corrected chi connectivity index (χ0v) is 20.0. The molecule has 0 aliphatic carbocycles. The molecule has 0 saturated heterocycles. The Morgan fingerprint density at radius 1 is 1.00 bits per heavy atom. The second kappa shape index (κ2) is 9.88. The number of nitrogen functional groups attached to an aromatic ring is 1. The highest BCUT2D eigenvalue weighted by molar-refractivity contribution is 7.18. The second-order valence-corrected chi connectivity index (χ2v) is 8.88. The van der Waals surface area contributed by atoms with Crippen LogP contribution in [0.4, 0.5) is 22.0 Å². The molecule has 7 nitrogen and oxygen atoms in total. The minimum absolute atomic E-state index is 0.370. The van der Waals surface area contributed by atoms with E-state index in [2.05, 4.69) is 21.8 Å². The van der Waals surface area contributed by atoms with Crippen LogP contribution in [0.15, 0.2) is 84.6 Å². The van der Waals surface area contributed by atoms with E-state index in [1.165, 1.54) is 4.90 Å². The molecule has 2 amide bonds. The average Bonchev–Trinajstić information content (AvgIpc) is 3.36. The van der Waals surface area contributed by atoms with Crippen LogP contribution in [0, 0.1) is 11.8 Å². The minimum atomic E-state index is -0.580. The lowest BCUT2D eigenvalue weighted by atomic mass is 10.0. The van der Waals surface area contributed by atoms with Crippen LogP contribution >= 0.6 is 11.3 Å². The van der Waals surface area contributed by atoms with Crippen LogP contribution in [0.3, 0.4) is 0 Å². The molecule has 3 heterocycles. The van der Waals surface area contributed by atoms with E-state index in [4.69, 9.17) is 17.2 Å². The van der Waals surface area contributed by atoms with Gasteiger partial charge in [-0.15, -0.1) is 11.3 Å². The van der Waals surface area contributed by atoms with Crippen LogP contribution < -0.4 is 22.1 Å². The number of urea groups is 1. The third-order valence-electron chi connectivity index (χ3n) is 5.69. The van der Waals surface area contributed by atoms with Crippen LogP contribution in [-0.4, -0.2) is 16.0 Å². The lowest BCUT2D eigenvalue weighted by Gasteiger charge is -2.21. The summed E-state index contributed by atoms with van der Waals surface area (Å²) < 4.78 is 0.968. The van der Waals surface area contributed by atoms with Gasteiger partial charge in [-0.3, -0.25) is 9.88 Å². The molecule has 8 heteroatoms. The molecule has 0 atom stereocenters. The van der Waals surface area contributed by atoms with Crippen molar-refractivity contribution in [1.29, 1.82) is 0 Å². The number of nitrogens with zero attached hydrogens (tertiary/aromatic N) is 3. The number of hydrogen-bond donors (Lipinski definition) is 3. The van der Waals surface area contributed by atoms with E-state index in [-0.39, 0.29) is 0 Å². The van der Waals surface area contributed by atoms with Crippen LogP contribution in [0.25, 0.3) is 21.2 Å². The third-order valence-corrected chi connectivity index (χ3v) is 6.70. The molecule has 176 valence electrons. The lowest BCUT2D eigenvalue weighted by Crippen LogP contribution is -2.31. The van der Waals surface area contributed by atoms with E-state index in [1.807, 2.05) is 66.0 Å². The summed E-state index contributed by atoms with van der Waals surface area (Å²) in [7, 11) is 0. The molecular weight excluding hydrogens is 468 g/mol. The Morgan fingerprint density at radius 3 is 2.56 bits per heavy atom. The SMILES string of the molecule is NCc1cccc(N(C(N)=O)c2ccc(-c3csc4c(C#Cc5cccnc5)cnc(N)c34)cc2)c1. The smallest absolute Gasteiger partial charge is 0.323 e. The van der Waals surface area contributed by atoms with E-state index < -0.39 is 6.03 Å². The third kappa shape index (κ3) is 4.49. The van der Waals surface area contributed by atoms with Crippen molar-refractivity contribution in [3.05, 3.63) is 101 Å². The molecule has 0 saturated carbocycles. The zero-order chi connectivity index (χ0) is 25.1. The summed E-state index contributed by atoms with van der Waals surface area (Å²) in [5.74, 6) is 6.77. The maximum absolute atomic E-state index is 12.3. The van der Waals surface area contributed by atoms with E-state index in [0.29, 0.717) is 23.7 Å². The fourth-order valence-electron chi connectivity index (χ4n) is 3.96. The number of carbonyl (C=O) groups excluding carboxylic acids is 1. The fourth-order valence-corrected chi connectivity index (χ4v) is 5.01. The highest BCUT2D eigenvalue weighted by Gasteiger charge is 2.17. The number of aromatic nitrogens is 2. The molecular formula is C28H22N6OS. The van der Waals surface area contributed by atoms with Crippen LogP contribution in [0.2, 0.25) is 0 Å². The Morgan fingerprint density at radius 2 is 1.83 bits per heavy atom. The summed E-state index contributed by atoms with van der Waals surface area (Å²) in [5, 5.41) is 2.90. The van der Waals surface area contributed by atoms with Gasteiger partial charge >= 0.3 is 6.03 Å². The Bertz CT molecular complexity index is 1620. The molecule has 0 bridgehead atoms. The molecule has 5 aromatic rings. The first-order valence-electron chi connectivity index (χ1n) is 11.1. The molecule has 0 unspecified atom stereocenters. The lowest BCUT2D eigenvalue weighted by molar-refractivity contribution is 0.256. The fraction of sp³-hybridized carbons (Fsp3) is 0.0357. The number of amides is 2. The van der Waals surface area contributed by atoms with Gasteiger partial charge in [-0.05, 0) is 52.9 Å². The Labute approximate surface area is 212 Å². The molecule has 0 aliphatic rings. The average molecular weight is 491 g/mol. The molecule has 0 fully saturated rings. The number of primary amides is 1. The quantitative estimate of drug-likeness (QED) is 0.305. The molecule has 5 rings (SSSR count). The van der Waals surface area contributed by atoms with Crippen molar-refractivity contribution in [1.82, 2.24) is 9.97 Å². The Hall–Kier alpha value is -4.71. The first-order valence-corrected chi connectivity index (χ1v) is 12.0. The summed E-state index contributed by atoms with van der Waals surface area (Å²) >= 11 is 1.57.